The van der Waals surface area contributed by atoms with Crippen LogP contribution in [0.15, 0.2) is 27.1 Å². The van der Waals surface area contributed by atoms with Gasteiger partial charge in [-0.25, -0.2) is 0 Å². The molecule has 0 aliphatic heterocycles. The van der Waals surface area contributed by atoms with Gasteiger partial charge in [0.2, 0.25) is 11.8 Å². The Morgan fingerprint density at radius 3 is 2.65 bits per heavy atom. The summed E-state index contributed by atoms with van der Waals surface area (Å²) in [5.41, 5.74) is 0.723. The summed E-state index contributed by atoms with van der Waals surface area (Å²) in [6.45, 7) is 2.43. The first-order valence-corrected chi connectivity index (χ1v) is 8.08. The molecule has 0 saturated heterocycles. The van der Waals surface area contributed by atoms with Crippen LogP contribution in [0.4, 0.5) is 5.69 Å². The lowest BCUT2D eigenvalue weighted by molar-refractivity contribution is -0.122. The van der Waals surface area contributed by atoms with E-state index in [1.54, 1.807) is 0 Å². The molecule has 0 radical (unpaired) electrons. The minimum absolute atomic E-state index is 0.0649. The molecule has 20 heavy (non-hydrogen) atoms. The highest BCUT2D eigenvalue weighted by Gasteiger charge is 2.38. The minimum Gasteiger partial charge on any atom is -0.355 e. The Morgan fingerprint density at radius 2 is 2.05 bits per heavy atom. The van der Waals surface area contributed by atoms with Crippen molar-refractivity contribution in [3.63, 3.8) is 0 Å². The van der Waals surface area contributed by atoms with Crippen molar-refractivity contribution in [3.05, 3.63) is 27.1 Å². The number of hydrogen-bond acceptors (Lipinski definition) is 2. The molecule has 0 heterocycles. The van der Waals surface area contributed by atoms with E-state index in [-0.39, 0.29) is 24.2 Å². The third-order valence-corrected chi connectivity index (χ3v) is 4.45. The van der Waals surface area contributed by atoms with Crippen LogP contribution in [0, 0.1) is 11.8 Å². The summed E-state index contributed by atoms with van der Waals surface area (Å²) in [4.78, 5) is 23.4. The molecule has 0 unspecified atom stereocenters. The number of halogens is 2. The summed E-state index contributed by atoms with van der Waals surface area (Å²) >= 11 is 6.74. The third kappa shape index (κ3) is 4.31. The molecular formula is C14H16Br2N2O2. The topological polar surface area (TPSA) is 58.2 Å². The average molecular weight is 404 g/mol. The van der Waals surface area contributed by atoms with Gasteiger partial charge in [0.05, 0.1) is 5.69 Å². The van der Waals surface area contributed by atoms with Crippen LogP contribution in [0.1, 0.15) is 19.8 Å². The lowest BCUT2D eigenvalue weighted by Crippen LogP contribution is -2.29. The molecule has 1 fully saturated rings. The molecule has 2 N–H and O–H groups in total. The molecule has 2 rings (SSSR count). The average Bonchev–Trinajstić information content (AvgIpc) is 3.10. The van der Waals surface area contributed by atoms with Crippen molar-refractivity contribution < 1.29 is 9.59 Å². The van der Waals surface area contributed by atoms with E-state index in [0.717, 1.165) is 21.1 Å². The maximum atomic E-state index is 11.8. The van der Waals surface area contributed by atoms with Gasteiger partial charge in [0.1, 0.15) is 0 Å². The summed E-state index contributed by atoms with van der Waals surface area (Å²) < 4.78 is 1.75. The van der Waals surface area contributed by atoms with E-state index in [1.807, 2.05) is 18.2 Å². The molecule has 0 bridgehead atoms. The fourth-order valence-corrected chi connectivity index (χ4v) is 3.07. The number of nitrogens with one attached hydrogen (secondary N) is 2. The lowest BCUT2D eigenvalue weighted by Gasteiger charge is -2.08. The van der Waals surface area contributed by atoms with Gasteiger partial charge in [0.25, 0.3) is 0 Å². The lowest BCUT2D eigenvalue weighted by atomic mass is 10.3. The standard InChI is InChI=1S/C14H16Br2N2O2/c1-8-6-10(8)14(20)17-5-4-13(19)18-12-3-2-9(15)7-11(12)16/h2-3,7-8,10H,4-6H2,1H3,(H,17,20)(H,18,19)/t8-,10-/m1/s1. The highest BCUT2D eigenvalue weighted by atomic mass is 79.9. The largest absolute Gasteiger partial charge is 0.355 e. The molecule has 1 aliphatic rings. The van der Waals surface area contributed by atoms with E-state index in [1.165, 1.54) is 0 Å². The zero-order valence-electron chi connectivity index (χ0n) is 11.1. The van der Waals surface area contributed by atoms with Crippen LogP contribution >= 0.6 is 31.9 Å². The van der Waals surface area contributed by atoms with E-state index >= 15 is 0 Å². The Bertz CT molecular complexity index is 534. The van der Waals surface area contributed by atoms with Gasteiger partial charge in [-0.05, 0) is 46.5 Å². The first-order valence-electron chi connectivity index (χ1n) is 6.50. The van der Waals surface area contributed by atoms with Crippen LogP contribution < -0.4 is 10.6 Å². The van der Waals surface area contributed by atoms with E-state index in [4.69, 9.17) is 0 Å². The Labute approximate surface area is 135 Å². The summed E-state index contributed by atoms with van der Waals surface area (Å²) in [6, 6.07) is 5.54. The maximum absolute atomic E-state index is 11.8. The Balaban J connectivity index is 1.73. The second kappa shape index (κ2) is 6.72. The van der Waals surface area contributed by atoms with Crippen molar-refractivity contribution in [1.82, 2.24) is 5.32 Å². The number of carbonyl (C=O) groups excluding carboxylic acids is 2. The molecule has 4 nitrogen and oxygen atoms in total. The Kier molecular flexibility index (Phi) is 5.21. The second-order valence-electron chi connectivity index (χ2n) is 5.03. The molecule has 108 valence electrons. The molecule has 6 heteroatoms. The van der Waals surface area contributed by atoms with E-state index in [0.29, 0.717) is 12.5 Å². The van der Waals surface area contributed by atoms with Crippen LogP contribution in [0.5, 0.6) is 0 Å². The van der Waals surface area contributed by atoms with Crippen LogP contribution in [-0.4, -0.2) is 18.4 Å². The SMILES string of the molecule is C[C@@H]1C[C@H]1C(=O)NCCC(=O)Nc1ccc(Br)cc1Br. The van der Waals surface area contributed by atoms with Gasteiger partial charge < -0.3 is 10.6 Å². The summed E-state index contributed by atoms with van der Waals surface area (Å²) in [6.07, 6.45) is 1.24. The maximum Gasteiger partial charge on any atom is 0.226 e. The predicted molar refractivity (Wildman–Crippen MR) is 85.4 cm³/mol. The van der Waals surface area contributed by atoms with Crippen molar-refractivity contribution in [2.24, 2.45) is 11.8 Å². The molecule has 0 spiro atoms. The molecule has 1 aromatic carbocycles. The van der Waals surface area contributed by atoms with Gasteiger partial charge in [0.15, 0.2) is 0 Å². The number of benzene rings is 1. The van der Waals surface area contributed by atoms with Crippen molar-refractivity contribution in [1.29, 1.82) is 0 Å². The van der Waals surface area contributed by atoms with Gasteiger partial charge in [-0.3, -0.25) is 9.59 Å². The number of rotatable bonds is 5. The van der Waals surface area contributed by atoms with Crippen LogP contribution in [-0.2, 0) is 9.59 Å². The highest BCUT2D eigenvalue weighted by Crippen LogP contribution is 2.37. The van der Waals surface area contributed by atoms with Crippen LogP contribution in [0.2, 0.25) is 0 Å². The summed E-state index contributed by atoms with van der Waals surface area (Å²) in [5.74, 6) is 0.591. The quantitative estimate of drug-likeness (QED) is 0.792. The smallest absolute Gasteiger partial charge is 0.226 e. The number of carbonyl (C=O) groups is 2. The fraction of sp³-hybridized carbons (Fsp3) is 0.429. The number of amides is 2. The van der Waals surface area contributed by atoms with Crippen LogP contribution in [0.3, 0.4) is 0 Å². The minimum atomic E-state index is -0.114. The van der Waals surface area contributed by atoms with E-state index in [9.17, 15) is 9.59 Å². The van der Waals surface area contributed by atoms with Gasteiger partial charge in [0, 0.05) is 27.8 Å². The normalized spacial score (nSPS) is 20.4. The van der Waals surface area contributed by atoms with E-state index in [2.05, 4.69) is 49.4 Å². The summed E-state index contributed by atoms with van der Waals surface area (Å²) in [7, 11) is 0. The van der Waals surface area contributed by atoms with E-state index < -0.39 is 0 Å². The molecule has 2 atom stereocenters. The van der Waals surface area contributed by atoms with Gasteiger partial charge in [-0.1, -0.05) is 22.9 Å². The molecule has 1 aromatic rings. The first kappa shape index (κ1) is 15.5. The van der Waals surface area contributed by atoms with Gasteiger partial charge in [-0.2, -0.15) is 0 Å². The third-order valence-electron chi connectivity index (χ3n) is 3.30. The molecule has 1 aliphatic carbocycles. The van der Waals surface area contributed by atoms with Crippen molar-refractivity contribution in [2.75, 3.05) is 11.9 Å². The molecular weight excluding hydrogens is 388 g/mol. The summed E-state index contributed by atoms with van der Waals surface area (Å²) in [5, 5.41) is 5.60. The monoisotopic (exact) mass is 402 g/mol. The van der Waals surface area contributed by atoms with Crippen LogP contribution in [0.25, 0.3) is 0 Å². The van der Waals surface area contributed by atoms with Crippen molar-refractivity contribution in [3.8, 4) is 0 Å². The van der Waals surface area contributed by atoms with Crippen molar-refractivity contribution in [2.45, 2.75) is 19.8 Å². The number of hydrogen-bond donors (Lipinski definition) is 2. The fourth-order valence-electron chi connectivity index (χ4n) is 1.92. The second-order valence-corrected chi connectivity index (χ2v) is 6.80. The zero-order chi connectivity index (χ0) is 14.7. The zero-order valence-corrected chi connectivity index (χ0v) is 14.3. The van der Waals surface area contributed by atoms with Crippen molar-refractivity contribution >= 4 is 49.4 Å². The highest BCUT2D eigenvalue weighted by molar-refractivity contribution is 9.11. The molecule has 0 aromatic heterocycles. The Morgan fingerprint density at radius 1 is 1.35 bits per heavy atom. The Hall–Kier alpha value is -0.880. The molecule has 1 saturated carbocycles. The van der Waals surface area contributed by atoms with Gasteiger partial charge in [-0.15, -0.1) is 0 Å². The molecule has 2 amide bonds. The number of anilines is 1. The van der Waals surface area contributed by atoms with Gasteiger partial charge >= 0.3 is 0 Å². The predicted octanol–water partition coefficient (Wildman–Crippen LogP) is 3.31. The first-order chi connectivity index (χ1) is 9.47.